The van der Waals surface area contributed by atoms with Crippen molar-refractivity contribution < 1.29 is 8.42 Å². The van der Waals surface area contributed by atoms with Gasteiger partial charge in [-0.15, -0.1) is 0 Å². The van der Waals surface area contributed by atoms with E-state index in [0.29, 0.717) is 5.69 Å². The first-order valence-corrected chi connectivity index (χ1v) is 8.83. The molecule has 0 aliphatic carbocycles. The zero-order valence-corrected chi connectivity index (χ0v) is 14.1. The fourth-order valence-corrected chi connectivity index (χ4v) is 5.28. The van der Waals surface area contributed by atoms with Gasteiger partial charge in [0.2, 0.25) is 0 Å². The van der Waals surface area contributed by atoms with E-state index in [4.69, 9.17) is 0 Å². The fourth-order valence-electron chi connectivity index (χ4n) is 3.48. The Morgan fingerprint density at radius 2 is 2.00 bits per heavy atom. The number of nitrogens with one attached hydrogen (secondary N) is 1. The molecule has 1 aromatic carbocycles. The summed E-state index contributed by atoms with van der Waals surface area (Å²) in [6.07, 6.45) is 2.17. The SMILES string of the molecule is Cc1[nH]ncc1S(=O)(=O)N1c2ccccc2C(C)(C)CC1C. The Hall–Kier alpha value is -1.82. The van der Waals surface area contributed by atoms with Gasteiger partial charge in [0.25, 0.3) is 10.0 Å². The molecule has 1 atom stereocenters. The standard InChI is InChI=1S/C16H21N3O2S/c1-11-9-16(3,4)13-7-5-6-8-14(13)19(11)22(20,21)15-10-17-18-12(15)2/h5-8,10-11H,9H2,1-4H3,(H,17,18). The summed E-state index contributed by atoms with van der Waals surface area (Å²) < 4.78 is 27.8. The zero-order valence-electron chi connectivity index (χ0n) is 13.3. The van der Waals surface area contributed by atoms with Crippen LogP contribution in [0.3, 0.4) is 0 Å². The number of anilines is 1. The molecule has 1 unspecified atom stereocenters. The van der Waals surface area contributed by atoms with Crippen LogP contribution < -0.4 is 4.31 Å². The summed E-state index contributed by atoms with van der Waals surface area (Å²) in [5, 5.41) is 6.57. The topological polar surface area (TPSA) is 66.1 Å². The molecule has 1 aliphatic heterocycles. The minimum Gasteiger partial charge on any atom is -0.281 e. The molecule has 0 amide bonds. The number of para-hydroxylation sites is 1. The summed E-state index contributed by atoms with van der Waals surface area (Å²) in [4.78, 5) is 0.244. The number of fused-ring (bicyclic) bond motifs is 1. The van der Waals surface area contributed by atoms with Crippen LogP contribution >= 0.6 is 0 Å². The lowest BCUT2D eigenvalue weighted by Gasteiger charge is -2.43. The van der Waals surface area contributed by atoms with E-state index in [0.717, 1.165) is 17.7 Å². The third kappa shape index (κ3) is 2.13. The average Bonchev–Trinajstić information content (AvgIpc) is 2.84. The highest BCUT2D eigenvalue weighted by atomic mass is 32.2. The van der Waals surface area contributed by atoms with Gasteiger partial charge in [-0.3, -0.25) is 9.40 Å². The third-order valence-corrected chi connectivity index (χ3v) is 6.44. The third-order valence-electron chi connectivity index (χ3n) is 4.40. The van der Waals surface area contributed by atoms with Crippen LogP contribution in [0, 0.1) is 6.92 Å². The van der Waals surface area contributed by atoms with Crippen LogP contribution in [0.25, 0.3) is 0 Å². The molecule has 2 heterocycles. The van der Waals surface area contributed by atoms with Gasteiger partial charge in [-0.2, -0.15) is 5.10 Å². The van der Waals surface area contributed by atoms with E-state index in [9.17, 15) is 8.42 Å². The Bertz CT molecular complexity index is 808. The zero-order chi connectivity index (χ0) is 16.1. The van der Waals surface area contributed by atoms with Crippen molar-refractivity contribution in [2.24, 2.45) is 0 Å². The second-order valence-electron chi connectivity index (χ2n) is 6.61. The van der Waals surface area contributed by atoms with Crippen LogP contribution in [0.5, 0.6) is 0 Å². The van der Waals surface area contributed by atoms with E-state index in [2.05, 4.69) is 24.0 Å². The molecule has 0 radical (unpaired) electrons. The van der Waals surface area contributed by atoms with E-state index in [-0.39, 0.29) is 16.4 Å². The van der Waals surface area contributed by atoms with Crippen LogP contribution in [-0.4, -0.2) is 24.7 Å². The minimum absolute atomic E-state index is 0.0481. The van der Waals surface area contributed by atoms with Crippen molar-refractivity contribution >= 4 is 15.7 Å². The Labute approximate surface area is 131 Å². The summed E-state index contributed by atoms with van der Waals surface area (Å²) in [6.45, 7) is 8.01. The number of aromatic nitrogens is 2. The summed E-state index contributed by atoms with van der Waals surface area (Å²) in [6, 6.07) is 7.65. The maximum atomic E-state index is 13.1. The number of H-pyrrole nitrogens is 1. The van der Waals surface area contributed by atoms with Gasteiger partial charge >= 0.3 is 0 Å². The Kier molecular flexibility index (Phi) is 3.32. The number of aromatic amines is 1. The second-order valence-corrected chi connectivity index (χ2v) is 8.40. The van der Waals surface area contributed by atoms with Gasteiger partial charge < -0.3 is 0 Å². The van der Waals surface area contributed by atoms with Gasteiger partial charge in [0.1, 0.15) is 4.90 Å². The van der Waals surface area contributed by atoms with E-state index in [1.54, 1.807) is 11.2 Å². The Balaban J connectivity index is 2.21. The lowest BCUT2D eigenvalue weighted by atomic mass is 9.76. The van der Waals surface area contributed by atoms with Crippen LogP contribution in [0.1, 0.15) is 38.4 Å². The van der Waals surface area contributed by atoms with Crippen LogP contribution in [0.4, 0.5) is 5.69 Å². The normalized spacial score (nSPS) is 20.7. The molecule has 1 N–H and O–H groups in total. The molecule has 5 nitrogen and oxygen atoms in total. The molecule has 118 valence electrons. The quantitative estimate of drug-likeness (QED) is 0.925. The number of benzene rings is 1. The average molecular weight is 319 g/mol. The molecule has 22 heavy (non-hydrogen) atoms. The predicted octanol–water partition coefficient (Wildman–Crippen LogP) is 2.98. The van der Waals surface area contributed by atoms with E-state index < -0.39 is 10.0 Å². The number of sulfonamides is 1. The predicted molar refractivity (Wildman–Crippen MR) is 86.5 cm³/mol. The fraction of sp³-hybridized carbons (Fsp3) is 0.438. The highest BCUT2D eigenvalue weighted by Gasteiger charge is 2.41. The van der Waals surface area contributed by atoms with Crippen molar-refractivity contribution in [2.45, 2.75) is 50.5 Å². The maximum Gasteiger partial charge on any atom is 0.267 e. The summed E-state index contributed by atoms with van der Waals surface area (Å²) >= 11 is 0. The van der Waals surface area contributed by atoms with Crippen molar-refractivity contribution in [3.63, 3.8) is 0 Å². The number of rotatable bonds is 2. The molecular formula is C16H21N3O2S. The molecule has 0 bridgehead atoms. The Morgan fingerprint density at radius 3 is 2.64 bits per heavy atom. The highest BCUT2D eigenvalue weighted by Crippen LogP contribution is 2.44. The van der Waals surface area contributed by atoms with Gasteiger partial charge in [-0.05, 0) is 37.3 Å². The van der Waals surface area contributed by atoms with Crippen molar-refractivity contribution in [1.29, 1.82) is 0 Å². The van der Waals surface area contributed by atoms with E-state index >= 15 is 0 Å². The maximum absolute atomic E-state index is 13.1. The molecular weight excluding hydrogens is 298 g/mol. The van der Waals surface area contributed by atoms with Gasteiger partial charge in [-0.25, -0.2) is 8.42 Å². The van der Waals surface area contributed by atoms with Crippen LogP contribution in [-0.2, 0) is 15.4 Å². The molecule has 2 aromatic rings. The number of nitrogens with zero attached hydrogens (tertiary/aromatic N) is 2. The largest absolute Gasteiger partial charge is 0.281 e. The van der Waals surface area contributed by atoms with E-state index in [1.807, 2.05) is 31.2 Å². The van der Waals surface area contributed by atoms with Gasteiger partial charge in [0, 0.05) is 6.04 Å². The first-order valence-electron chi connectivity index (χ1n) is 7.39. The first-order chi connectivity index (χ1) is 10.2. The monoisotopic (exact) mass is 319 g/mol. The molecule has 0 spiro atoms. The Morgan fingerprint density at radius 1 is 1.32 bits per heavy atom. The number of aryl methyl sites for hydroxylation is 1. The highest BCUT2D eigenvalue weighted by molar-refractivity contribution is 7.93. The summed E-state index contributed by atoms with van der Waals surface area (Å²) in [5.41, 5.74) is 2.35. The van der Waals surface area contributed by atoms with Crippen molar-refractivity contribution in [1.82, 2.24) is 10.2 Å². The van der Waals surface area contributed by atoms with Crippen molar-refractivity contribution in [3.8, 4) is 0 Å². The molecule has 0 saturated carbocycles. The van der Waals surface area contributed by atoms with Crippen molar-refractivity contribution in [2.75, 3.05) is 4.31 Å². The minimum atomic E-state index is -3.62. The number of hydrogen-bond acceptors (Lipinski definition) is 3. The lowest BCUT2D eigenvalue weighted by molar-refractivity contribution is 0.415. The van der Waals surface area contributed by atoms with E-state index in [1.165, 1.54) is 6.20 Å². The van der Waals surface area contributed by atoms with Crippen LogP contribution in [0.15, 0.2) is 35.4 Å². The van der Waals surface area contributed by atoms with Gasteiger partial charge in [0.05, 0.1) is 17.6 Å². The summed E-state index contributed by atoms with van der Waals surface area (Å²) in [7, 11) is -3.62. The molecule has 1 aromatic heterocycles. The van der Waals surface area contributed by atoms with Crippen LogP contribution in [0.2, 0.25) is 0 Å². The molecule has 3 rings (SSSR count). The molecule has 1 aliphatic rings. The molecule has 6 heteroatoms. The second kappa shape index (κ2) is 4.84. The molecule has 0 fully saturated rings. The van der Waals surface area contributed by atoms with Crippen molar-refractivity contribution in [3.05, 3.63) is 41.7 Å². The molecule has 0 saturated heterocycles. The van der Waals surface area contributed by atoms with Gasteiger partial charge in [0.15, 0.2) is 0 Å². The summed E-state index contributed by atoms with van der Waals surface area (Å²) in [5.74, 6) is 0. The first kappa shape index (κ1) is 15.1. The number of hydrogen-bond donors (Lipinski definition) is 1. The lowest BCUT2D eigenvalue weighted by Crippen LogP contribution is -2.46. The smallest absolute Gasteiger partial charge is 0.267 e. The van der Waals surface area contributed by atoms with Gasteiger partial charge in [-0.1, -0.05) is 32.0 Å².